The van der Waals surface area contributed by atoms with Gasteiger partial charge in [-0.3, -0.25) is 4.79 Å². The molecule has 7 heteroatoms. The van der Waals surface area contributed by atoms with Crippen molar-refractivity contribution in [2.24, 2.45) is 0 Å². The number of rotatable bonds is 4. The standard InChI is InChI=1S/C15H16ClN3O3/c1-9-12(13(20)17-15(2,3)14(21)22)8-19(18-9)11-6-4-10(16)5-7-11/h4-8H,1-3H3,(H,17,20)(H,21,22). The minimum absolute atomic E-state index is 0.323. The molecule has 1 aromatic heterocycles. The summed E-state index contributed by atoms with van der Waals surface area (Å²) in [6.07, 6.45) is 1.56. The molecule has 0 radical (unpaired) electrons. The molecule has 0 bridgehead atoms. The molecular weight excluding hydrogens is 306 g/mol. The molecule has 0 saturated heterocycles. The van der Waals surface area contributed by atoms with E-state index in [-0.39, 0.29) is 0 Å². The first-order valence-corrected chi connectivity index (χ1v) is 6.96. The Labute approximate surface area is 132 Å². The molecule has 0 spiro atoms. The van der Waals surface area contributed by atoms with Gasteiger partial charge in [-0.05, 0) is 45.0 Å². The van der Waals surface area contributed by atoms with Gasteiger partial charge in [0.25, 0.3) is 5.91 Å². The first kappa shape index (κ1) is 16.0. The van der Waals surface area contributed by atoms with Gasteiger partial charge in [0.05, 0.1) is 16.9 Å². The zero-order valence-corrected chi connectivity index (χ0v) is 13.2. The molecule has 2 rings (SSSR count). The van der Waals surface area contributed by atoms with Crippen LogP contribution in [0.3, 0.4) is 0 Å². The van der Waals surface area contributed by atoms with Crippen molar-refractivity contribution in [2.45, 2.75) is 26.3 Å². The van der Waals surface area contributed by atoms with E-state index in [2.05, 4.69) is 10.4 Å². The number of nitrogens with one attached hydrogen (secondary N) is 1. The van der Waals surface area contributed by atoms with Crippen LogP contribution in [0.2, 0.25) is 5.02 Å². The van der Waals surface area contributed by atoms with E-state index < -0.39 is 17.4 Å². The first-order chi connectivity index (χ1) is 10.2. The summed E-state index contributed by atoms with van der Waals surface area (Å²) in [5.74, 6) is -1.59. The summed E-state index contributed by atoms with van der Waals surface area (Å²) in [5, 5.41) is 16.4. The Bertz CT molecular complexity index is 720. The summed E-state index contributed by atoms with van der Waals surface area (Å²) in [6, 6.07) is 7.00. The Morgan fingerprint density at radius 1 is 1.27 bits per heavy atom. The van der Waals surface area contributed by atoms with Gasteiger partial charge < -0.3 is 10.4 Å². The van der Waals surface area contributed by atoms with Crippen molar-refractivity contribution in [1.82, 2.24) is 15.1 Å². The lowest BCUT2D eigenvalue weighted by atomic mass is 10.1. The second-order valence-corrected chi connectivity index (χ2v) is 5.87. The summed E-state index contributed by atoms with van der Waals surface area (Å²) in [4.78, 5) is 23.3. The van der Waals surface area contributed by atoms with E-state index in [0.29, 0.717) is 16.3 Å². The van der Waals surface area contributed by atoms with E-state index in [1.54, 1.807) is 42.1 Å². The largest absolute Gasteiger partial charge is 0.480 e. The molecule has 6 nitrogen and oxygen atoms in total. The van der Waals surface area contributed by atoms with Crippen molar-refractivity contribution in [3.63, 3.8) is 0 Å². The number of hydrogen-bond donors (Lipinski definition) is 2. The molecule has 116 valence electrons. The Hall–Kier alpha value is -2.34. The fourth-order valence-corrected chi connectivity index (χ4v) is 1.94. The van der Waals surface area contributed by atoms with Gasteiger partial charge in [-0.1, -0.05) is 11.6 Å². The average Bonchev–Trinajstić information content (AvgIpc) is 2.81. The van der Waals surface area contributed by atoms with Crippen LogP contribution in [0.15, 0.2) is 30.5 Å². The number of aryl methyl sites for hydroxylation is 1. The zero-order valence-electron chi connectivity index (χ0n) is 12.4. The Kier molecular flexibility index (Phi) is 4.23. The van der Waals surface area contributed by atoms with E-state index in [1.807, 2.05) is 0 Å². The van der Waals surface area contributed by atoms with Crippen molar-refractivity contribution in [3.05, 3.63) is 46.7 Å². The lowest BCUT2D eigenvalue weighted by molar-refractivity contribution is -0.143. The maximum Gasteiger partial charge on any atom is 0.328 e. The summed E-state index contributed by atoms with van der Waals surface area (Å²) in [6.45, 7) is 4.54. The fraction of sp³-hybridized carbons (Fsp3) is 0.267. The van der Waals surface area contributed by atoms with Gasteiger partial charge in [0.2, 0.25) is 0 Å². The predicted molar refractivity (Wildman–Crippen MR) is 82.5 cm³/mol. The van der Waals surface area contributed by atoms with E-state index in [1.165, 1.54) is 13.8 Å². The van der Waals surface area contributed by atoms with Crippen molar-refractivity contribution in [3.8, 4) is 5.69 Å². The second-order valence-electron chi connectivity index (χ2n) is 5.43. The fourth-order valence-electron chi connectivity index (χ4n) is 1.81. The van der Waals surface area contributed by atoms with Gasteiger partial charge in [-0.2, -0.15) is 5.10 Å². The monoisotopic (exact) mass is 321 g/mol. The van der Waals surface area contributed by atoms with Crippen LogP contribution in [-0.4, -0.2) is 32.3 Å². The number of carbonyl (C=O) groups excluding carboxylic acids is 1. The molecule has 0 aliphatic heterocycles. The molecular formula is C15H16ClN3O3. The van der Waals surface area contributed by atoms with E-state index in [4.69, 9.17) is 16.7 Å². The highest BCUT2D eigenvalue weighted by molar-refractivity contribution is 6.30. The minimum Gasteiger partial charge on any atom is -0.480 e. The maximum atomic E-state index is 12.2. The summed E-state index contributed by atoms with van der Waals surface area (Å²) >= 11 is 5.84. The topological polar surface area (TPSA) is 84.2 Å². The van der Waals surface area contributed by atoms with Crippen molar-refractivity contribution in [2.75, 3.05) is 0 Å². The summed E-state index contributed by atoms with van der Waals surface area (Å²) < 4.78 is 1.55. The van der Waals surface area contributed by atoms with Gasteiger partial charge >= 0.3 is 5.97 Å². The van der Waals surface area contributed by atoms with Gasteiger partial charge in [0.1, 0.15) is 5.54 Å². The normalized spacial score (nSPS) is 11.3. The number of carboxylic acid groups (broad SMARTS) is 1. The zero-order chi connectivity index (χ0) is 16.5. The number of aliphatic carboxylic acids is 1. The van der Waals surface area contributed by atoms with Crippen LogP contribution >= 0.6 is 11.6 Å². The molecule has 22 heavy (non-hydrogen) atoms. The Morgan fingerprint density at radius 2 is 1.86 bits per heavy atom. The minimum atomic E-state index is -1.36. The van der Waals surface area contributed by atoms with Crippen LogP contribution in [0, 0.1) is 6.92 Å². The molecule has 2 aromatic rings. The quantitative estimate of drug-likeness (QED) is 0.905. The molecule has 1 heterocycles. The number of amides is 1. The number of carbonyl (C=O) groups is 2. The van der Waals surface area contributed by atoms with Crippen LogP contribution in [0.1, 0.15) is 29.9 Å². The number of aromatic nitrogens is 2. The van der Waals surface area contributed by atoms with Crippen LogP contribution in [0.4, 0.5) is 0 Å². The van der Waals surface area contributed by atoms with Crippen molar-refractivity contribution < 1.29 is 14.7 Å². The summed E-state index contributed by atoms with van der Waals surface area (Å²) in [5.41, 5.74) is 0.230. The van der Waals surface area contributed by atoms with Crippen LogP contribution in [0.5, 0.6) is 0 Å². The highest BCUT2D eigenvalue weighted by atomic mass is 35.5. The van der Waals surface area contributed by atoms with Crippen LogP contribution in [0.25, 0.3) is 5.69 Å². The first-order valence-electron chi connectivity index (χ1n) is 6.59. The van der Waals surface area contributed by atoms with Gasteiger partial charge in [0, 0.05) is 11.2 Å². The van der Waals surface area contributed by atoms with Gasteiger partial charge in [0.15, 0.2) is 0 Å². The van der Waals surface area contributed by atoms with Crippen molar-refractivity contribution >= 4 is 23.5 Å². The molecule has 0 aliphatic carbocycles. The highest BCUT2D eigenvalue weighted by Crippen LogP contribution is 2.16. The van der Waals surface area contributed by atoms with Crippen LogP contribution in [-0.2, 0) is 4.79 Å². The number of benzene rings is 1. The third-order valence-corrected chi connectivity index (χ3v) is 3.45. The third kappa shape index (κ3) is 3.28. The number of carboxylic acids is 1. The average molecular weight is 322 g/mol. The van der Waals surface area contributed by atoms with Crippen LogP contribution < -0.4 is 5.32 Å². The van der Waals surface area contributed by atoms with E-state index in [9.17, 15) is 9.59 Å². The molecule has 0 aliphatic rings. The number of hydrogen-bond acceptors (Lipinski definition) is 3. The number of halogens is 1. The lowest BCUT2D eigenvalue weighted by Crippen LogP contribution is -2.49. The molecule has 0 fully saturated rings. The SMILES string of the molecule is Cc1nn(-c2ccc(Cl)cc2)cc1C(=O)NC(C)(C)C(=O)O. The molecule has 0 atom stereocenters. The maximum absolute atomic E-state index is 12.2. The number of nitrogens with zero attached hydrogens (tertiary/aromatic N) is 2. The second kappa shape index (κ2) is 5.81. The predicted octanol–water partition coefficient (Wildman–Crippen LogP) is 2.43. The van der Waals surface area contributed by atoms with Crippen molar-refractivity contribution in [1.29, 1.82) is 0 Å². The molecule has 0 saturated carbocycles. The van der Waals surface area contributed by atoms with E-state index in [0.717, 1.165) is 5.69 Å². The lowest BCUT2D eigenvalue weighted by Gasteiger charge is -2.20. The van der Waals surface area contributed by atoms with Gasteiger partial charge in [-0.15, -0.1) is 0 Å². The van der Waals surface area contributed by atoms with Gasteiger partial charge in [-0.25, -0.2) is 9.48 Å². The van der Waals surface area contributed by atoms with E-state index >= 15 is 0 Å². The molecule has 0 unspecified atom stereocenters. The molecule has 2 N–H and O–H groups in total. The molecule has 1 aromatic carbocycles. The third-order valence-electron chi connectivity index (χ3n) is 3.20. The Balaban J connectivity index is 2.28. The smallest absolute Gasteiger partial charge is 0.328 e. The highest BCUT2D eigenvalue weighted by Gasteiger charge is 2.30. The summed E-state index contributed by atoms with van der Waals surface area (Å²) in [7, 11) is 0. The molecule has 1 amide bonds. The Morgan fingerprint density at radius 3 is 2.41 bits per heavy atom.